The third-order valence-electron chi connectivity index (χ3n) is 14.2. The van der Waals surface area contributed by atoms with E-state index in [-0.39, 0.29) is 0 Å². The van der Waals surface area contributed by atoms with E-state index in [1.165, 1.54) is 0 Å². The fourth-order valence-electron chi connectivity index (χ4n) is 10.7. The Morgan fingerprint density at radius 1 is 0.276 bits per heavy atom. The number of nitrogens with zero attached hydrogens (tertiary/aromatic N) is 8. The summed E-state index contributed by atoms with van der Waals surface area (Å²) in [5.41, 5.74) is 17.3. The number of rotatable bonds is 8. The van der Waals surface area contributed by atoms with Gasteiger partial charge >= 0.3 is 0 Å². The molecule has 0 fully saturated rings. The van der Waals surface area contributed by atoms with E-state index in [2.05, 4.69) is 191 Å². The molecule has 0 aliphatic carbocycles. The maximum atomic E-state index is 9.92. The molecule has 0 saturated heterocycles. The second-order valence-corrected chi connectivity index (χ2v) is 18.7. The van der Waals surface area contributed by atoms with Crippen molar-refractivity contribution in [2.75, 3.05) is 0 Å². The van der Waals surface area contributed by atoms with Gasteiger partial charge in [0.05, 0.1) is 91.4 Å². The van der Waals surface area contributed by atoms with E-state index in [0.29, 0.717) is 28.1 Å². The summed E-state index contributed by atoms with van der Waals surface area (Å²) < 4.78 is 4.66. The summed E-state index contributed by atoms with van der Waals surface area (Å²) >= 11 is 0. The molecule has 0 atom stereocenters. The van der Waals surface area contributed by atoms with Crippen molar-refractivity contribution in [1.29, 1.82) is 21.0 Å². The Hall–Kier alpha value is -11.2. The second-order valence-electron chi connectivity index (χ2n) is 18.7. The van der Waals surface area contributed by atoms with E-state index >= 15 is 0 Å². The number of fused-ring (bicyclic) bond motifs is 6. The highest BCUT2D eigenvalue weighted by atomic mass is 15.0. The van der Waals surface area contributed by atoms with Gasteiger partial charge in [-0.1, -0.05) is 140 Å². The van der Waals surface area contributed by atoms with E-state index in [4.69, 9.17) is 9.97 Å². The zero-order chi connectivity index (χ0) is 51.3. The predicted molar refractivity (Wildman–Crippen MR) is 302 cm³/mol. The molecule has 76 heavy (non-hydrogen) atoms. The first-order valence-corrected chi connectivity index (χ1v) is 24.7. The fourth-order valence-corrected chi connectivity index (χ4v) is 10.7. The first-order valence-electron chi connectivity index (χ1n) is 24.7. The highest BCUT2D eigenvalue weighted by Gasteiger charge is 2.23. The molecular formula is C68H38N8. The van der Waals surface area contributed by atoms with Crippen LogP contribution in [0, 0.1) is 45.3 Å². The van der Waals surface area contributed by atoms with Gasteiger partial charge in [-0.15, -0.1) is 0 Å². The minimum atomic E-state index is 0.425. The molecule has 3 heterocycles. The first-order chi connectivity index (χ1) is 37.5. The molecule has 0 spiro atoms. The normalized spacial score (nSPS) is 11.1. The Morgan fingerprint density at radius 2 is 0.684 bits per heavy atom. The van der Waals surface area contributed by atoms with Gasteiger partial charge in [0.15, 0.2) is 5.82 Å². The summed E-state index contributed by atoms with van der Waals surface area (Å²) in [6, 6.07) is 86.5. The molecule has 0 N–H and O–H groups in total. The van der Waals surface area contributed by atoms with Crippen LogP contribution < -0.4 is 0 Å². The maximum absolute atomic E-state index is 9.92. The lowest BCUT2D eigenvalue weighted by Crippen LogP contribution is -2.03. The number of para-hydroxylation sites is 3. The summed E-state index contributed by atoms with van der Waals surface area (Å²) in [6.07, 6.45) is 0. The van der Waals surface area contributed by atoms with Gasteiger partial charge in [0.1, 0.15) is 0 Å². The van der Waals surface area contributed by atoms with Gasteiger partial charge in [-0.05, 0) is 113 Å². The summed E-state index contributed by atoms with van der Waals surface area (Å²) in [4.78, 5) is 10.6. The Kier molecular flexibility index (Phi) is 10.9. The Balaban J connectivity index is 1.07. The van der Waals surface area contributed by atoms with Crippen LogP contribution in [-0.4, -0.2) is 19.1 Å². The molecule has 13 rings (SSSR count). The quantitative estimate of drug-likeness (QED) is 0.149. The summed E-state index contributed by atoms with van der Waals surface area (Å²) in [5.74, 6) is 0.579. The van der Waals surface area contributed by atoms with Gasteiger partial charge in [-0.2, -0.15) is 21.0 Å². The molecule has 3 aromatic heterocycles. The van der Waals surface area contributed by atoms with Crippen LogP contribution in [0.1, 0.15) is 22.3 Å². The van der Waals surface area contributed by atoms with Gasteiger partial charge in [0.25, 0.3) is 0 Å². The highest BCUT2D eigenvalue weighted by Crippen LogP contribution is 2.44. The van der Waals surface area contributed by atoms with Crippen molar-refractivity contribution in [3.05, 3.63) is 253 Å². The van der Waals surface area contributed by atoms with Crippen LogP contribution in [0.5, 0.6) is 0 Å². The molecule has 0 bridgehead atoms. The third-order valence-corrected chi connectivity index (χ3v) is 14.2. The number of aromatic nitrogens is 4. The largest absolute Gasteiger partial charge is 0.309 e. The second kappa shape index (κ2) is 18.5. The number of benzene rings is 10. The van der Waals surface area contributed by atoms with Crippen molar-refractivity contribution >= 4 is 43.6 Å². The molecule has 0 radical (unpaired) electrons. The standard InChI is InChI=1S/C68H38N8/c69-39-43-29-44(40-70)32-52(31-43)49-24-27-65-58(35-49)55-18-8-11-21-63(55)75(65)62-20-10-7-17-54(62)57-26-23-51(68-73-60(47-13-3-1-4-14-47)38-61(74-68)48-15-5-2-6-16-48)37-67(57)76-64-22-12-9-19-56(64)59-36-50(25-28-66(59)76)53-33-45(41-71)30-46(34-53)42-72/h1-38H. The van der Waals surface area contributed by atoms with E-state index in [1.807, 2.05) is 60.7 Å². The molecule has 8 heteroatoms. The Morgan fingerprint density at radius 3 is 1.18 bits per heavy atom. The lowest BCUT2D eigenvalue weighted by molar-refractivity contribution is 1.15. The van der Waals surface area contributed by atoms with E-state index in [1.54, 1.807) is 12.1 Å². The molecule has 0 saturated carbocycles. The topological polar surface area (TPSA) is 131 Å². The van der Waals surface area contributed by atoms with Crippen molar-refractivity contribution in [2.24, 2.45) is 0 Å². The summed E-state index contributed by atoms with van der Waals surface area (Å²) in [6.45, 7) is 0. The van der Waals surface area contributed by atoms with Crippen molar-refractivity contribution < 1.29 is 0 Å². The SMILES string of the molecule is N#Cc1cc(C#N)cc(-c2ccc3c(c2)c2ccccc2n3-c2ccccc2-c2ccc(-c3nc(-c4ccccc4)cc(-c4ccccc4)n3)cc2-n2c3ccccc3c3cc(-c4cc(C#N)cc(C#N)c4)ccc32)c1. The van der Waals surface area contributed by atoms with Crippen LogP contribution in [-0.2, 0) is 0 Å². The van der Waals surface area contributed by atoms with Gasteiger partial charge in [-0.3, -0.25) is 0 Å². The smallest absolute Gasteiger partial charge is 0.160 e. The number of hydrogen-bond donors (Lipinski definition) is 0. The zero-order valence-electron chi connectivity index (χ0n) is 40.5. The molecule has 8 nitrogen and oxygen atoms in total. The predicted octanol–water partition coefficient (Wildman–Crippen LogP) is 16.2. The first kappa shape index (κ1) is 44.8. The van der Waals surface area contributed by atoms with Crippen molar-refractivity contribution in [3.63, 3.8) is 0 Å². The third kappa shape index (κ3) is 7.68. The molecule has 13 aromatic rings. The molecule has 10 aromatic carbocycles. The lowest BCUT2D eigenvalue weighted by Gasteiger charge is -2.20. The van der Waals surface area contributed by atoms with E-state index in [0.717, 1.165) is 116 Å². The zero-order valence-corrected chi connectivity index (χ0v) is 40.5. The van der Waals surface area contributed by atoms with Crippen LogP contribution in [0.25, 0.3) is 122 Å². The maximum Gasteiger partial charge on any atom is 0.160 e. The molecule has 0 aliphatic rings. The number of hydrogen-bond acceptors (Lipinski definition) is 6. The molecule has 0 aliphatic heterocycles. The average molecular weight is 967 g/mol. The Labute approximate surface area is 437 Å². The summed E-state index contributed by atoms with van der Waals surface area (Å²) in [5, 5.41) is 43.7. The molecule has 0 amide bonds. The van der Waals surface area contributed by atoms with Crippen LogP contribution in [0.15, 0.2) is 231 Å². The van der Waals surface area contributed by atoms with Crippen molar-refractivity contribution in [2.45, 2.75) is 0 Å². The van der Waals surface area contributed by atoms with Crippen LogP contribution >= 0.6 is 0 Å². The van der Waals surface area contributed by atoms with Crippen LogP contribution in [0.2, 0.25) is 0 Å². The number of nitriles is 4. The fraction of sp³-hybridized carbons (Fsp3) is 0. The van der Waals surface area contributed by atoms with E-state index < -0.39 is 0 Å². The van der Waals surface area contributed by atoms with Crippen molar-refractivity contribution in [1.82, 2.24) is 19.1 Å². The van der Waals surface area contributed by atoms with Crippen LogP contribution in [0.3, 0.4) is 0 Å². The van der Waals surface area contributed by atoms with Crippen molar-refractivity contribution in [3.8, 4) is 103 Å². The summed E-state index contributed by atoms with van der Waals surface area (Å²) in [7, 11) is 0. The molecule has 350 valence electrons. The minimum Gasteiger partial charge on any atom is -0.309 e. The van der Waals surface area contributed by atoms with Gasteiger partial charge < -0.3 is 9.13 Å². The highest BCUT2D eigenvalue weighted by molar-refractivity contribution is 6.13. The monoisotopic (exact) mass is 966 g/mol. The Bertz CT molecular complexity index is 4570. The van der Waals surface area contributed by atoms with Crippen LogP contribution in [0.4, 0.5) is 0 Å². The molecule has 0 unspecified atom stereocenters. The molecular weight excluding hydrogens is 929 g/mol. The lowest BCUT2D eigenvalue weighted by atomic mass is 9.97. The minimum absolute atomic E-state index is 0.425. The van der Waals surface area contributed by atoms with Gasteiger partial charge in [-0.25, -0.2) is 9.97 Å². The average Bonchev–Trinajstić information content (AvgIpc) is 4.10. The van der Waals surface area contributed by atoms with Gasteiger partial charge in [0.2, 0.25) is 0 Å². The van der Waals surface area contributed by atoms with Gasteiger partial charge in [0, 0.05) is 49.4 Å². The van der Waals surface area contributed by atoms with E-state index in [9.17, 15) is 21.0 Å².